The van der Waals surface area contributed by atoms with Gasteiger partial charge in [-0.3, -0.25) is 19.7 Å². The van der Waals surface area contributed by atoms with Gasteiger partial charge >= 0.3 is 12.1 Å². The maximum absolute atomic E-state index is 12.6. The van der Waals surface area contributed by atoms with Crippen LogP contribution in [0, 0.1) is 10.1 Å². The summed E-state index contributed by atoms with van der Waals surface area (Å²) in [6, 6.07) is 1.72. The van der Waals surface area contributed by atoms with E-state index in [1.165, 1.54) is 0 Å². The smallest absolute Gasteiger partial charge is 0.416 e. The average Bonchev–Trinajstić information content (AvgIpc) is 2.49. The minimum absolute atomic E-state index is 0.140. The van der Waals surface area contributed by atoms with Crippen LogP contribution in [-0.2, 0) is 20.5 Å². The minimum Gasteiger partial charge on any atom is -0.454 e. The number of amides is 1. The monoisotopic (exact) mass is 363 g/mol. The number of esters is 1. The molecule has 0 atom stereocenters. The summed E-state index contributed by atoms with van der Waals surface area (Å²) in [5.41, 5.74) is -2.29. The Hall–Kier alpha value is -2.85. The lowest BCUT2D eigenvalue weighted by Gasteiger charge is -2.11. The topological polar surface area (TPSA) is 111 Å². The molecule has 0 fully saturated rings. The lowest BCUT2D eigenvalue weighted by atomic mass is 10.1. The number of hydrogen-bond donors (Lipinski definition) is 2. The number of nitrogens with one attached hydrogen (secondary N) is 2. The number of carbonyl (C=O) groups excluding carboxylic acids is 2. The number of nitrogens with zero attached hydrogens (tertiary/aromatic N) is 1. The number of alkyl halides is 3. The molecule has 0 aromatic heterocycles. The maximum Gasteiger partial charge on any atom is 0.416 e. The molecule has 1 rings (SSSR count). The number of carbonyl (C=O) groups is 2. The Balaban J connectivity index is 2.69. The fourth-order valence-corrected chi connectivity index (χ4v) is 1.74. The van der Waals surface area contributed by atoms with Crippen molar-refractivity contribution in [1.29, 1.82) is 0 Å². The van der Waals surface area contributed by atoms with Crippen LogP contribution in [0.3, 0.4) is 0 Å². The summed E-state index contributed by atoms with van der Waals surface area (Å²) >= 11 is 0. The second-order valence-corrected chi connectivity index (χ2v) is 5.22. The largest absolute Gasteiger partial charge is 0.454 e. The Morgan fingerprint density at radius 3 is 2.48 bits per heavy atom. The van der Waals surface area contributed by atoms with Gasteiger partial charge in [0.05, 0.1) is 10.5 Å². The SMILES string of the molecule is CC(C)NC(=O)COC(=O)CNc1ccc(C(F)(F)F)cc1[N+](=O)[O-]. The fourth-order valence-electron chi connectivity index (χ4n) is 1.74. The molecule has 0 unspecified atom stereocenters. The lowest BCUT2D eigenvalue weighted by Crippen LogP contribution is -2.34. The normalized spacial score (nSPS) is 11.1. The number of rotatable bonds is 7. The summed E-state index contributed by atoms with van der Waals surface area (Å²) in [5.74, 6) is -1.42. The van der Waals surface area contributed by atoms with E-state index in [9.17, 15) is 32.9 Å². The van der Waals surface area contributed by atoms with E-state index in [-0.39, 0.29) is 11.7 Å². The van der Waals surface area contributed by atoms with Crippen molar-refractivity contribution >= 4 is 23.3 Å². The molecule has 0 aliphatic carbocycles. The second-order valence-electron chi connectivity index (χ2n) is 5.22. The highest BCUT2D eigenvalue weighted by atomic mass is 19.4. The van der Waals surface area contributed by atoms with E-state index in [0.29, 0.717) is 12.1 Å². The summed E-state index contributed by atoms with van der Waals surface area (Å²) in [4.78, 5) is 32.7. The molecule has 0 heterocycles. The molecule has 0 radical (unpaired) electrons. The molecule has 0 saturated heterocycles. The van der Waals surface area contributed by atoms with Crippen LogP contribution in [0.2, 0.25) is 0 Å². The maximum atomic E-state index is 12.6. The highest BCUT2D eigenvalue weighted by Crippen LogP contribution is 2.34. The van der Waals surface area contributed by atoms with Crippen LogP contribution in [0.25, 0.3) is 0 Å². The second kappa shape index (κ2) is 8.31. The number of anilines is 1. The molecule has 25 heavy (non-hydrogen) atoms. The van der Waals surface area contributed by atoms with E-state index in [4.69, 9.17) is 0 Å². The third-order valence-electron chi connectivity index (χ3n) is 2.76. The summed E-state index contributed by atoms with van der Waals surface area (Å²) in [6.45, 7) is 2.34. The van der Waals surface area contributed by atoms with Gasteiger partial charge in [-0.2, -0.15) is 13.2 Å². The third-order valence-corrected chi connectivity index (χ3v) is 2.76. The predicted octanol–water partition coefficient (Wildman–Crippen LogP) is 2.09. The summed E-state index contributed by atoms with van der Waals surface area (Å²) in [6.07, 6.45) is -4.73. The molecule has 0 bridgehead atoms. The summed E-state index contributed by atoms with van der Waals surface area (Å²) in [5, 5.41) is 15.7. The van der Waals surface area contributed by atoms with E-state index < -0.39 is 47.4 Å². The van der Waals surface area contributed by atoms with Crippen molar-refractivity contribution in [3.63, 3.8) is 0 Å². The molecular weight excluding hydrogens is 347 g/mol. The van der Waals surface area contributed by atoms with Gasteiger partial charge < -0.3 is 15.4 Å². The van der Waals surface area contributed by atoms with E-state index in [1.54, 1.807) is 13.8 Å². The molecule has 1 aromatic rings. The van der Waals surface area contributed by atoms with Gasteiger partial charge in [-0.25, -0.2) is 0 Å². The van der Waals surface area contributed by atoms with Crippen LogP contribution in [0.1, 0.15) is 19.4 Å². The number of nitro groups is 1. The highest BCUT2D eigenvalue weighted by Gasteiger charge is 2.33. The van der Waals surface area contributed by atoms with Gasteiger partial charge in [-0.1, -0.05) is 0 Å². The lowest BCUT2D eigenvalue weighted by molar-refractivity contribution is -0.384. The molecular formula is C14H16F3N3O5. The van der Waals surface area contributed by atoms with Gasteiger partial charge in [0.1, 0.15) is 12.2 Å². The van der Waals surface area contributed by atoms with E-state index in [1.807, 2.05) is 0 Å². The van der Waals surface area contributed by atoms with Gasteiger partial charge in [-0.15, -0.1) is 0 Å². The van der Waals surface area contributed by atoms with Crippen LogP contribution in [0.15, 0.2) is 18.2 Å². The number of nitro benzene ring substituents is 1. The zero-order chi connectivity index (χ0) is 19.2. The molecule has 8 nitrogen and oxygen atoms in total. The van der Waals surface area contributed by atoms with Crippen molar-refractivity contribution < 1.29 is 32.4 Å². The van der Waals surface area contributed by atoms with Crippen LogP contribution in [-0.4, -0.2) is 36.0 Å². The van der Waals surface area contributed by atoms with Crippen molar-refractivity contribution in [3.05, 3.63) is 33.9 Å². The molecule has 138 valence electrons. The molecule has 0 spiro atoms. The summed E-state index contributed by atoms with van der Waals surface area (Å²) in [7, 11) is 0. The number of hydrogen-bond acceptors (Lipinski definition) is 6. The molecule has 11 heteroatoms. The van der Waals surface area contributed by atoms with Crippen molar-refractivity contribution in [2.24, 2.45) is 0 Å². The Morgan fingerprint density at radius 1 is 1.32 bits per heavy atom. The van der Waals surface area contributed by atoms with E-state index in [2.05, 4.69) is 15.4 Å². The van der Waals surface area contributed by atoms with Crippen molar-refractivity contribution in [2.75, 3.05) is 18.5 Å². The van der Waals surface area contributed by atoms with Crippen LogP contribution >= 0.6 is 0 Å². The van der Waals surface area contributed by atoms with Gasteiger partial charge in [0.2, 0.25) is 0 Å². The van der Waals surface area contributed by atoms with Gasteiger partial charge in [-0.05, 0) is 26.0 Å². The minimum atomic E-state index is -4.73. The average molecular weight is 363 g/mol. The van der Waals surface area contributed by atoms with Gasteiger partial charge in [0.25, 0.3) is 11.6 Å². The molecule has 1 aromatic carbocycles. The van der Waals surface area contributed by atoms with Crippen LogP contribution in [0.5, 0.6) is 0 Å². The standard InChI is InChI=1S/C14H16F3N3O5/c1-8(2)19-12(21)7-25-13(22)6-18-10-4-3-9(14(15,16)17)5-11(10)20(23)24/h3-5,8,18H,6-7H2,1-2H3,(H,19,21). The molecule has 0 aliphatic heterocycles. The zero-order valence-electron chi connectivity index (χ0n) is 13.3. The molecule has 1 amide bonds. The van der Waals surface area contributed by atoms with Crippen LogP contribution in [0.4, 0.5) is 24.5 Å². The quantitative estimate of drug-likeness (QED) is 0.436. The Morgan fingerprint density at radius 2 is 1.96 bits per heavy atom. The zero-order valence-corrected chi connectivity index (χ0v) is 13.3. The Bertz CT molecular complexity index is 662. The van der Waals surface area contributed by atoms with Crippen LogP contribution < -0.4 is 10.6 Å². The predicted molar refractivity (Wildman–Crippen MR) is 80.8 cm³/mol. The number of halogens is 3. The van der Waals surface area contributed by atoms with Crippen molar-refractivity contribution in [2.45, 2.75) is 26.1 Å². The van der Waals surface area contributed by atoms with E-state index >= 15 is 0 Å². The molecule has 0 saturated carbocycles. The van der Waals surface area contributed by atoms with Gasteiger partial charge in [0, 0.05) is 12.1 Å². The fraction of sp³-hybridized carbons (Fsp3) is 0.429. The van der Waals surface area contributed by atoms with Crippen molar-refractivity contribution in [1.82, 2.24) is 5.32 Å². The third kappa shape index (κ3) is 6.65. The first kappa shape index (κ1) is 20.2. The first-order valence-electron chi connectivity index (χ1n) is 7.05. The Labute approximate surface area is 140 Å². The number of benzene rings is 1. The first-order valence-corrected chi connectivity index (χ1v) is 7.05. The molecule has 2 N–H and O–H groups in total. The van der Waals surface area contributed by atoms with Gasteiger partial charge in [0.15, 0.2) is 6.61 Å². The number of ether oxygens (including phenoxy) is 1. The summed E-state index contributed by atoms with van der Waals surface area (Å²) < 4.78 is 42.4. The van der Waals surface area contributed by atoms with Crippen molar-refractivity contribution in [3.8, 4) is 0 Å². The highest BCUT2D eigenvalue weighted by molar-refractivity contribution is 5.82. The first-order chi connectivity index (χ1) is 11.5. The Kier molecular flexibility index (Phi) is 6.71. The molecule has 0 aliphatic rings. The van der Waals surface area contributed by atoms with E-state index in [0.717, 1.165) is 6.07 Å².